The maximum atomic E-state index is 5.99. The van der Waals surface area contributed by atoms with Crippen LogP contribution in [0.3, 0.4) is 0 Å². The van der Waals surface area contributed by atoms with Gasteiger partial charge < -0.3 is 15.0 Å². The molecular weight excluding hydrogens is 389 g/mol. The molecule has 126 valence electrons. The lowest BCUT2D eigenvalue weighted by Crippen LogP contribution is -2.72. The summed E-state index contributed by atoms with van der Waals surface area (Å²) in [6.07, 6.45) is 9.91. The summed E-state index contributed by atoms with van der Waals surface area (Å²) < 4.78 is 5.99. The number of unbranched alkanes of at least 4 members (excludes halogenated alkanes) is 1. The first-order chi connectivity index (χ1) is 10.2. The van der Waals surface area contributed by atoms with Gasteiger partial charge in [-0.2, -0.15) is 0 Å². The average Bonchev–Trinajstić information content (AvgIpc) is 2.83. The Hall–Kier alpha value is -0.300. The Morgan fingerprint density at radius 2 is 2.27 bits per heavy atom. The Balaban J connectivity index is 0.00000176. The van der Waals surface area contributed by atoms with E-state index in [0.29, 0.717) is 23.5 Å². The SMILES string of the molecule is C=CCCCN(C)C(=NC)NC1C2CCOC2C12CCC2.I. The highest BCUT2D eigenvalue weighted by molar-refractivity contribution is 14.0. The number of hydrogen-bond acceptors (Lipinski definition) is 2. The number of aliphatic imine (C=N–C) groups is 1. The van der Waals surface area contributed by atoms with Crippen LogP contribution in [0.25, 0.3) is 0 Å². The first kappa shape index (κ1) is 18.0. The predicted molar refractivity (Wildman–Crippen MR) is 102 cm³/mol. The van der Waals surface area contributed by atoms with Crippen LogP contribution in [0.15, 0.2) is 17.6 Å². The fourth-order valence-corrected chi connectivity index (χ4v) is 4.52. The molecule has 3 fully saturated rings. The van der Waals surface area contributed by atoms with Crippen molar-refractivity contribution in [2.45, 2.75) is 50.7 Å². The van der Waals surface area contributed by atoms with Gasteiger partial charge in [0, 0.05) is 44.6 Å². The molecule has 2 saturated carbocycles. The number of fused-ring (bicyclic) bond motifs is 2. The average molecular weight is 419 g/mol. The first-order valence-electron chi connectivity index (χ1n) is 8.40. The van der Waals surface area contributed by atoms with E-state index in [4.69, 9.17) is 4.74 Å². The summed E-state index contributed by atoms with van der Waals surface area (Å²) in [5.41, 5.74) is 0.416. The molecule has 22 heavy (non-hydrogen) atoms. The Labute approximate surface area is 151 Å². The second kappa shape index (κ2) is 7.51. The van der Waals surface area contributed by atoms with Gasteiger partial charge in [-0.25, -0.2) is 0 Å². The maximum absolute atomic E-state index is 5.99. The summed E-state index contributed by atoms with van der Waals surface area (Å²) in [6.45, 7) is 5.76. The summed E-state index contributed by atoms with van der Waals surface area (Å²) in [7, 11) is 4.02. The van der Waals surface area contributed by atoms with Crippen LogP contribution in [0, 0.1) is 11.3 Å². The maximum Gasteiger partial charge on any atom is 0.193 e. The van der Waals surface area contributed by atoms with Crippen molar-refractivity contribution in [1.82, 2.24) is 10.2 Å². The van der Waals surface area contributed by atoms with Crippen LogP contribution in [-0.2, 0) is 4.74 Å². The third-order valence-corrected chi connectivity index (χ3v) is 5.80. The molecule has 0 aromatic heterocycles. The molecule has 4 nitrogen and oxygen atoms in total. The van der Waals surface area contributed by atoms with Crippen LogP contribution in [0.1, 0.15) is 38.5 Å². The number of hydrogen-bond donors (Lipinski definition) is 1. The van der Waals surface area contributed by atoms with Crippen molar-refractivity contribution in [2.75, 3.05) is 27.2 Å². The number of nitrogens with one attached hydrogen (secondary N) is 1. The van der Waals surface area contributed by atoms with Crippen LogP contribution in [0.4, 0.5) is 0 Å². The van der Waals surface area contributed by atoms with Crippen molar-refractivity contribution < 1.29 is 4.74 Å². The standard InChI is InChI=1S/C17H29N3O.HI/c1-4-5-6-11-20(3)16(18-2)19-14-13-8-12-21-15(13)17(14)9-7-10-17;/h4,13-15H,1,5-12H2,2-3H3,(H,18,19);1H. The fraction of sp³-hybridized carbons (Fsp3) is 0.824. The summed E-state index contributed by atoms with van der Waals surface area (Å²) in [5.74, 6) is 1.74. The van der Waals surface area contributed by atoms with Gasteiger partial charge in [-0.05, 0) is 32.1 Å². The smallest absolute Gasteiger partial charge is 0.193 e. The van der Waals surface area contributed by atoms with Gasteiger partial charge in [0.25, 0.3) is 0 Å². The van der Waals surface area contributed by atoms with Gasteiger partial charge in [-0.15, -0.1) is 30.6 Å². The molecule has 3 rings (SSSR count). The molecule has 3 unspecified atom stereocenters. The van der Waals surface area contributed by atoms with Crippen LogP contribution >= 0.6 is 24.0 Å². The van der Waals surface area contributed by atoms with Gasteiger partial charge in [-0.3, -0.25) is 4.99 Å². The number of allylic oxidation sites excluding steroid dienone is 1. The van der Waals surface area contributed by atoms with Crippen molar-refractivity contribution >= 4 is 29.9 Å². The Morgan fingerprint density at radius 1 is 1.50 bits per heavy atom. The first-order valence-corrected chi connectivity index (χ1v) is 8.40. The zero-order chi connectivity index (χ0) is 14.9. The normalized spacial score (nSPS) is 31.5. The minimum Gasteiger partial charge on any atom is -0.377 e. The van der Waals surface area contributed by atoms with Crippen molar-refractivity contribution in [3.63, 3.8) is 0 Å². The van der Waals surface area contributed by atoms with Crippen LogP contribution in [0.2, 0.25) is 0 Å². The molecule has 0 aromatic rings. The monoisotopic (exact) mass is 419 g/mol. The zero-order valence-electron chi connectivity index (χ0n) is 13.9. The highest BCUT2D eigenvalue weighted by Crippen LogP contribution is 2.62. The van der Waals surface area contributed by atoms with E-state index in [9.17, 15) is 0 Å². The third-order valence-electron chi connectivity index (χ3n) is 5.80. The number of halogens is 1. The molecule has 1 N–H and O–H groups in total. The predicted octanol–water partition coefficient (Wildman–Crippen LogP) is 3.04. The van der Waals surface area contributed by atoms with Crippen molar-refractivity contribution in [1.29, 1.82) is 0 Å². The second-order valence-corrected chi connectivity index (χ2v) is 6.85. The summed E-state index contributed by atoms with van der Waals surface area (Å²) >= 11 is 0. The Kier molecular flexibility index (Phi) is 6.16. The van der Waals surface area contributed by atoms with Gasteiger partial charge in [0.1, 0.15) is 0 Å². The molecule has 5 heteroatoms. The Morgan fingerprint density at radius 3 is 2.86 bits per heavy atom. The van der Waals surface area contributed by atoms with E-state index in [0.717, 1.165) is 32.0 Å². The van der Waals surface area contributed by atoms with Gasteiger partial charge in [0.15, 0.2) is 5.96 Å². The van der Waals surface area contributed by atoms with Crippen molar-refractivity contribution in [3.05, 3.63) is 12.7 Å². The van der Waals surface area contributed by atoms with E-state index in [-0.39, 0.29) is 24.0 Å². The molecule has 1 saturated heterocycles. The molecule has 0 bridgehead atoms. The van der Waals surface area contributed by atoms with Gasteiger partial charge >= 0.3 is 0 Å². The van der Waals surface area contributed by atoms with Crippen LogP contribution in [-0.4, -0.2) is 50.3 Å². The molecule has 0 amide bonds. The van der Waals surface area contributed by atoms with E-state index in [1.807, 2.05) is 13.1 Å². The molecule has 0 radical (unpaired) electrons. The quantitative estimate of drug-likeness (QED) is 0.245. The number of ether oxygens (including phenoxy) is 1. The number of nitrogens with zero attached hydrogens (tertiary/aromatic N) is 2. The van der Waals surface area contributed by atoms with E-state index in [1.54, 1.807) is 0 Å². The molecule has 1 spiro atoms. The largest absolute Gasteiger partial charge is 0.377 e. The van der Waals surface area contributed by atoms with E-state index >= 15 is 0 Å². The third kappa shape index (κ3) is 2.90. The Bertz CT molecular complexity index is 422. The lowest BCUT2D eigenvalue weighted by Gasteiger charge is -2.63. The van der Waals surface area contributed by atoms with E-state index in [2.05, 4.69) is 28.8 Å². The fourth-order valence-electron chi connectivity index (χ4n) is 4.52. The van der Waals surface area contributed by atoms with Gasteiger partial charge in [0.2, 0.25) is 0 Å². The topological polar surface area (TPSA) is 36.9 Å². The lowest BCUT2D eigenvalue weighted by molar-refractivity contribution is -0.171. The molecule has 1 aliphatic heterocycles. The number of rotatable bonds is 5. The number of guanidine groups is 1. The van der Waals surface area contributed by atoms with Gasteiger partial charge in [0.05, 0.1) is 6.10 Å². The molecule has 0 aromatic carbocycles. The highest BCUT2D eigenvalue weighted by atomic mass is 127. The van der Waals surface area contributed by atoms with Gasteiger partial charge in [-0.1, -0.05) is 12.5 Å². The summed E-state index contributed by atoms with van der Waals surface area (Å²) in [4.78, 5) is 6.74. The molecule has 1 heterocycles. The molecule has 3 atom stereocenters. The van der Waals surface area contributed by atoms with Crippen LogP contribution < -0.4 is 5.32 Å². The molecular formula is C17H30IN3O. The van der Waals surface area contributed by atoms with E-state index < -0.39 is 0 Å². The summed E-state index contributed by atoms with van der Waals surface area (Å²) in [5, 5.41) is 3.76. The zero-order valence-corrected chi connectivity index (χ0v) is 16.2. The molecule has 3 aliphatic rings. The van der Waals surface area contributed by atoms with Crippen molar-refractivity contribution in [2.24, 2.45) is 16.3 Å². The minimum absolute atomic E-state index is 0. The molecule has 2 aliphatic carbocycles. The minimum atomic E-state index is 0. The van der Waals surface area contributed by atoms with Crippen LogP contribution in [0.5, 0.6) is 0 Å². The summed E-state index contributed by atoms with van der Waals surface area (Å²) in [6, 6.07) is 0.569. The highest BCUT2D eigenvalue weighted by Gasteiger charge is 2.66. The van der Waals surface area contributed by atoms with E-state index in [1.165, 1.54) is 25.7 Å². The lowest BCUT2D eigenvalue weighted by atomic mass is 9.46. The second-order valence-electron chi connectivity index (χ2n) is 6.85. The van der Waals surface area contributed by atoms with Crippen molar-refractivity contribution in [3.8, 4) is 0 Å².